The van der Waals surface area contributed by atoms with Crippen molar-refractivity contribution in [2.24, 2.45) is 5.92 Å². The standard InChI is InChI=1S/C42H41Cl2F3N6O6S/c1-41(13-14-41)60(56,57)51-38(55)22-11-16-53(19-22)33-10-9-24-29(33)17-30-37(34(24)42(45,46)47)59-39(49-30)28-8-4-6-26(36(28)44)25-5-3-7-27(35(25)43)31-18-48-32(40(50-31)58-2)21-52-15-12-23(54)20-52/h3-8,17-18,22-23,33,54H,9-16,19-21H2,1-2H3,(H,51,55)/t22-,23-,33-/m1/s1. The lowest BCUT2D eigenvalue weighted by molar-refractivity contribution is -0.137. The van der Waals surface area contributed by atoms with Crippen LogP contribution in [-0.4, -0.2) is 88.3 Å². The summed E-state index contributed by atoms with van der Waals surface area (Å²) in [6.07, 6.45) is -0.979. The number of oxazole rings is 1. The molecule has 1 saturated carbocycles. The quantitative estimate of drug-likeness (QED) is 0.141. The van der Waals surface area contributed by atoms with Crippen LogP contribution >= 0.6 is 23.2 Å². The fraction of sp³-hybridized carbons (Fsp3) is 0.429. The molecule has 3 aromatic carbocycles. The van der Waals surface area contributed by atoms with Crippen molar-refractivity contribution in [3.63, 3.8) is 0 Å². The highest BCUT2D eigenvalue weighted by Gasteiger charge is 2.52. The number of fused-ring (bicyclic) bond motifs is 2. The number of β-amino-alcohol motifs (C(OH)–C–C–N with tert-alkyl or cyclic N) is 1. The molecular weight excluding hydrogens is 844 g/mol. The second-order valence-corrected chi connectivity index (χ2v) is 19.3. The molecule has 2 saturated heterocycles. The summed E-state index contributed by atoms with van der Waals surface area (Å²) >= 11 is 14.1. The van der Waals surface area contributed by atoms with Crippen LogP contribution in [0.15, 0.2) is 53.1 Å². The van der Waals surface area contributed by atoms with Crippen LogP contribution in [0.3, 0.4) is 0 Å². The minimum atomic E-state index is -4.77. The van der Waals surface area contributed by atoms with Gasteiger partial charge in [0.2, 0.25) is 27.7 Å². The van der Waals surface area contributed by atoms with Crippen LogP contribution in [0.5, 0.6) is 5.88 Å². The van der Waals surface area contributed by atoms with Crippen molar-refractivity contribution in [3.05, 3.63) is 81.1 Å². The molecule has 2 N–H and O–H groups in total. The van der Waals surface area contributed by atoms with Gasteiger partial charge in [-0.1, -0.05) is 53.5 Å². The Morgan fingerprint density at radius 3 is 2.38 bits per heavy atom. The van der Waals surface area contributed by atoms with E-state index in [1.54, 1.807) is 55.6 Å². The number of hydrogen-bond donors (Lipinski definition) is 2. The van der Waals surface area contributed by atoms with Gasteiger partial charge in [-0.15, -0.1) is 0 Å². The number of hydrogen-bond acceptors (Lipinski definition) is 11. The summed E-state index contributed by atoms with van der Waals surface area (Å²) in [5.74, 6) is -0.973. The Balaban J connectivity index is 1.01. The van der Waals surface area contributed by atoms with Gasteiger partial charge in [0.05, 0.1) is 51.4 Å². The van der Waals surface area contributed by atoms with Crippen molar-refractivity contribution in [2.75, 3.05) is 33.3 Å². The number of aromatic nitrogens is 3. The zero-order valence-corrected chi connectivity index (χ0v) is 35.0. The fourth-order valence-electron chi connectivity index (χ4n) is 8.80. The number of sulfonamides is 1. The molecular formula is C42H41Cl2F3N6O6S. The number of alkyl halides is 3. The highest BCUT2D eigenvalue weighted by molar-refractivity contribution is 7.91. The number of ether oxygens (including phenoxy) is 1. The monoisotopic (exact) mass is 884 g/mol. The topological polar surface area (TPSA) is 151 Å². The lowest BCUT2D eigenvalue weighted by atomic mass is 9.99. The summed E-state index contributed by atoms with van der Waals surface area (Å²) in [4.78, 5) is 31.0. The number of likely N-dealkylation sites (tertiary alicyclic amines) is 2. The molecule has 3 fully saturated rings. The number of amides is 1. The van der Waals surface area contributed by atoms with E-state index in [0.717, 1.165) is 6.54 Å². The van der Waals surface area contributed by atoms with E-state index in [0.29, 0.717) is 96.3 Å². The zero-order chi connectivity index (χ0) is 42.3. The first-order valence-corrected chi connectivity index (χ1v) is 22.0. The second-order valence-electron chi connectivity index (χ2n) is 16.4. The van der Waals surface area contributed by atoms with E-state index in [-0.39, 0.29) is 46.6 Å². The van der Waals surface area contributed by atoms with Gasteiger partial charge in [0.25, 0.3) is 0 Å². The zero-order valence-electron chi connectivity index (χ0n) is 32.7. The lowest BCUT2D eigenvalue weighted by Crippen LogP contribution is -2.42. The van der Waals surface area contributed by atoms with Crippen molar-refractivity contribution in [3.8, 4) is 39.7 Å². The van der Waals surface area contributed by atoms with Crippen LogP contribution in [0.1, 0.15) is 67.5 Å². The molecule has 9 rings (SSSR count). The van der Waals surface area contributed by atoms with Gasteiger partial charge < -0.3 is 14.3 Å². The van der Waals surface area contributed by atoms with Gasteiger partial charge >= 0.3 is 6.18 Å². The second kappa shape index (κ2) is 15.2. The van der Waals surface area contributed by atoms with Crippen LogP contribution in [0, 0.1) is 5.92 Å². The highest BCUT2D eigenvalue weighted by atomic mass is 35.5. The van der Waals surface area contributed by atoms with E-state index in [4.69, 9.17) is 37.3 Å². The van der Waals surface area contributed by atoms with E-state index >= 15 is 0 Å². The van der Waals surface area contributed by atoms with Crippen LogP contribution in [-0.2, 0) is 34.0 Å². The van der Waals surface area contributed by atoms with Crippen LogP contribution in [0.4, 0.5) is 13.2 Å². The Hall–Kier alpha value is -4.32. The van der Waals surface area contributed by atoms with Crippen molar-refractivity contribution in [2.45, 2.75) is 75.1 Å². The van der Waals surface area contributed by atoms with Gasteiger partial charge in [-0.3, -0.25) is 24.3 Å². The van der Waals surface area contributed by atoms with Crippen LogP contribution < -0.4 is 9.46 Å². The molecule has 2 aliphatic carbocycles. The molecule has 12 nitrogen and oxygen atoms in total. The van der Waals surface area contributed by atoms with E-state index < -0.39 is 50.0 Å². The Morgan fingerprint density at radius 1 is 1.02 bits per heavy atom. The van der Waals surface area contributed by atoms with Gasteiger partial charge in [0.15, 0.2) is 5.58 Å². The number of halogens is 5. The maximum Gasteiger partial charge on any atom is 0.420 e. The predicted octanol–water partition coefficient (Wildman–Crippen LogP) is 7.83. The number of nitrogens with one attached hydrogen (secondary N) is 1. The van der Waals surface area contributed by atoms with Crippen molar-refractivity contribution in [1.29, 1.82) is 0 Å². The predicted molar refractivity (Wildman–Crippen MR) is 219 cm³/mol. The highest BCUT2D eigenvalue weighted by Crippen LogP contribution is 2.49. The molecule has 18 heteroatoms. The molecule has 0 radical (unpaired) electrons. The third-order valence-corrected chi connectivity index (χ3v) is 15.4. The first-order valence-electron chi connectivity index (χ1n) is 19.8. The minimum Gasteiger partial charge on any atom is -0.480 e. The van der Waals surface area contributed by atoms with Crippen molar-refractivity contribution >= 4 is 50.2 Å². The third kappa shape index (κ3) is 7.32. The number of aliphatic hydroxyl groups is 1. The molecule has 316 valence electrons. The summed E-state index contributed by atoms with van der Waals surface area (Å²) in [5.41, 5.74) is 2.19. The number of carbonyl (C=O) groups is 1. The maximum atomic E-state index is 15.0. The minimum absolute atomic E-state index is 0.0126. The van der Waals surface area contributed by atoms with Crippen LogP contribution in [0.2, 0.25) is 10.0 Å². The number of nitrogens with zero attached hydrogens (tertiary/aromatic N) is 5. The summed E-state index contributed by atoms with van der Waals surface area (Å²) < 4.78 is 83.3. The SMILES string of the molecule is COc1nc(-c2cccc(-c3cccc(-c4nc5cc6c(c(C(F)(F)F)c5o4)CC[C@H]6N4CC[C@@H](C(=O)NS(=O)(=O)C5(C)CC5)C4)c3Cl)c2Cl)cnc1CN1CC[C@@H](O)C1. The summed E-state index contributed by atoms with van der Waals surface area (Å²) in [6.45, 7) is 3.97. The van der Waals surface area contributed by atoms with Gasteiger partial charge in [-0.25, -0.2) is 18.4 Å². The van der Waals surface area contributed by atoms with E-state index in [9.17, 15) is 31.5 Å². The normalized spacial score (nSPS) is 21.8. The van der Waals surface area contributed by atoms with Gasteiger partial charge in [-0.2, -0.15) is 13.2 Å². The number of benzene rings is 3. The summed E-state index contributed by atoms with van der Waals surface area (Å²) in [6, 6.07) is 11.6. The Morgan fingerprint density at radius 2 is 1.72 bits per heavy atom. The molecule has 60 heavy (non-hydrogen) atoms. The third-order valence-electron chi connectivity index (χ3n) is 12.4. The van der Waals surface area contributed by atoms with Crippen LogP contribution in [0.25, 0.3) is 44.9 Å². The molecule has 0 unspecified atom stereocenters. The largest absolute Gasteiger partial charge is 0.480 e. The Bertz CT molecular complexity index is 2660. The molecule has 2 aromatic heterocycles. The number of aliphatic hydroxyl groups excluding tert-OH is 1. The molecule has 0 bridgehead atoms. The number of rotatable bonds is 10. The van der Waals surface area contributed by atoms with Crippen molar-refractivity contribution < 1.29 is 40.6 Å². The number of carbonyl (C=O) groups excluding carboxylic acids is 1. The average molecular weight is 886 g/mol. The van der Waals surface area contributed by atoms with E-state index in [1.165, 1.54) is 7.11 Å². The molecule has 4 heterocycles. The summed E-state index contributed by atoms with van der Waals surface area (Å²) in [5, 5.41) is 10.4. The molecule has 0 spiro atoms. The van der Waals surface area contributed by atoms with E-state index in [1.807, 2.05) is 4.90 Å². The van der Waals surface area contributed by atoms with Crippen molar-refractivity contribution in [1.82, 2.24) is 29.5 Å². The Kier molecular flexibility index (Phi) is 10.4. The van der Waals surface area contributed by atoms with E-state index in [2.05, 4.69) is 19.6 Å². The first kappa shape index (κ1) is 41.1. The molecule has 1 amide bonds. The summed E-state index contributed by atoms with van der Waals surface area (Å²) in [7, 11) is -2.31. The van der Waals surface area contributed by atoms with Gasteiger partial charge in [-0.05, 0) is 75.3 Å². The van der Waals surface area contributed by atoms with Gasteiger partial charge in [0.1, 0.15) is 16.8 Å². The smallest absolute Gasteiger partial charge is 0.420 e. The molecule has 2 aliphatic heterocycles. The van der Waals surface area contributed by atoms with Gasteiger partial charge in [0, 0.05) is 48.9 Å². The average Bonchev–Trinajstić information content (AvgIpc) is 3.65. The Labute approximate surface area is 354 Å². The number of methoxy groups -OCH3 is 1. The molecule has 4 aliphatic rings. The maximum absolute atomic E-state index is 15.0. The molecule has 3 atom stereocenters. The molecule has 5 aromatic rings. The first-order chi connectivity index (χ1) is 28.5. The lowest BCUT2D eigenvalue weighted by Gasteiger charge is -2.25. The fourth-order valence-corrected chi connectivity index (χ4v) is 10.8.